The zero-order valence-electron chi connectivity index (χ0n) is 21.2. The van der Waals surface area contributed by atoms with Crippen molar-refractivity contribution in [3.8, 4) is 0 Å². The molecule has 7 nitrogen and oxygen atoms in total. The molecular formula is C26H39N3O4. The van der Waals surface area contributed by atoms with E-state index < -0.39 is 11.5 Å². The predicted molar refractivity (Wildman–Crippen MR) is 127 cm³/mol. The van der Waals surface area contributed by atoms with Crippen molar-refractivity contribution < 1.29 is 19.1 Å². The monoisotopic (exact) mass is 457 g/mol. The lowest BCUT2D eigenvalue weighted by Crippen LogP contribution is -2.74. The summed E-state index contributed by atoms with van der Waals surface area (Å²) < 4.78 is 5.09. The summed E-state index contributed by atoms with van der Waals surface area (Å²) in [6.07, 6.45) is 2.28. The number of amides is 3. The Morgan fingerprint density at radius 3 is 2.30 bits per heavy atom. The molecule has 0 bridgehead atoms. The minimum absolute atomic E-state index is 0.00639. The molecule has 2 saturated heterocycles. The van der Waals surface area contributed by atoms with Crippen LogP contribution in [0.1, 0.15) is 66.4 Å². The Bertz CT molecular complexity index is 906. The summed E-state index contributed by atoms with van der Waals surface area (Å²) in [6, 6.07) is 9.53. The lowest BCUT2D eigenvalue weighted by Gasteiger charge is -2.63. The second-order valence-electron chi connectivity index (χ2n) is 10.1. The summed E-state index contributed by atoms with van der Waals surface area (Å²) in [4.78, 5) is 44.8. The van der Waals surface area contributed by atoms with Crippen LogP contribution in [0.15, 0.2) is 30.3 Å². The number of rotatable bonds is 7. The maximum atomic E-state index is 14.2. The van der Waals surface area contributed by atoms with Crippen molar-refractivity contribution in [2.45, 2.75) is 84.0 Å². The largest absolute Gasteiger partial charge is 0.464 e. The van der Waals surface area contributed by atoms with E-state index in [1.807, 2.05) is 30.3 Å². The molecule has 0 aliphatic carbocycles. The molecule has 4 atom stereocenters. The molecule has 0 N–H and O–H groups in total. The van der Waals surface area contributed by atoms with Crippen LogP contribution in [0.5, 0.6) is 0 Å². The third-order valence-corrected chi connectivity index (χ3v) is 8.72. The zero-order valence-corrected chi connectivity index (χ0v) is 21.2. The molecule has 0 radical (unpaired) electrons. The smallest absolute Gasteiger partial charge is 0.328 e. The van der Waals surface area contributed by atoms with Crippen LogP contribution in [-0.2, 0) is 20.9 Å². The number of imide groups is 1. The van der Waals surface area contributed by atoms with Crippen LogP contribution in [-0.4, -0.2) is 69.4 Å². The minimum atomic E-state index is -0.967. The van der Waals surface area contributed by atoms with Crippen LogP contribution >= 0.6 is 0 Å². The molecule has 1 aromatic carbocycles. The van der Waals surface area contributed by atoms with Crippen molar-refractivity contribution in [2.24, 2.45) is 5.92 Å². The molecule has 4 unspecified atom stereocenters. The topological polar surface area (TPSA) is 70.2 Å². The number of carbonyl (C=O) groups excluding carboxylic acids is 3. The Kier molecular flexibility index (Phi) is 6.94. The lowest BCUT2D eigenvalue weighted by atomic mass is 9.59. The van der Waals surface area contributed by atoms with E-state index in [2.05, 4.69) is 46.6 Å². The Morgan fingerprint density at radius 1 is 1.12 bits per heavy atom. The van der Waals surface area contributed by atoms with Gasteiger partial charge in [0.15, 0.2) is 0 Å². The Balaban J connectivity index is 2.13. The molecule has 2 fully saturated rings. The van der Waals surface area contributed by atoms with E-state index >= 15 is 0 Å². The predicted octanol–water partition coefficient (Wildman–Crippen LogP) is 4.06. The molecule has 1 aromatic rings. The van der Waals surface area contributed by atoms with E-state index in [1.165, 1.54) is 11.8 Å². The molecule has 2 aliphatic heterocycles. The van der Waals surface area contributed by atoms with Crippen LogP contribution in [0, 0.1) is 5.92 Å². The van der Waals surface area contributed by atoms with Gasteiger partial charge in [-0.2, -0.15) is 0 Å². The summed E-state index contributed by atoms with van der Waals surface area (Å²) >= 11 is 0. The summed E-state index contributed by atoms with van der Waals surface area (Å²) in [5.41, 5.74) is -0.513. The molecule has 33 heavy (non-hydrogen) atoms. The minimum Gasteiger partial charge on any atom is -0.464 e. The van der Waals surface area contributed by atoms with E-state index in [0.29, 0.717) is 13.0 Å². The highest BCUT2D eigenvalue weighted by molar-refractivity contribution is 6.07. The van der Waals surface area contributed by atoms with Gasteiger partial charge in [-0.05, 0) is 45.7 Å². The fourth-order valence-corrected chi connectivity index (χ4v) is 5.97. The van der Waals surface area contributed by atoms with E-state index in [1.54, 1.807) is 4.90 Å². The highest BCUT2D eigenvalue weighted by atomic mass is 16.5. The van der Waals surface area contributed by atoms with Gasteiger partial charge in [-0.25, -0.2) is 4.79 Å². The Labute approximate surface area is 198 Å². The van der Waals surface area contributed by atoms with Gasteiger partial charge in [-0.15, -0.1) is 0 Å². The van der Waals surface area contributed by atoms with E-state index in [4.69, 9.17) is 4.74 Å². The third-order valence-electron chi connectivity index (χ3n) is 8.72. The fraction of sp³-hybridized carbons (Fsp3) is 0.654. The number of likely N-dealkylation sites (tertiary alicyclic amines) is 1. The molecule has 3 amide bonds. The standard InChI is InChI=1S/C26H39N3O4/c1-8-24(5)18-26(19(3)25(6,9-2)27(24)7)22(31)28(15-16-33-20(4)30)23(32)29(26)17-21-13-11-10-12-14-21/h10-14,19H,8-9,15-18H2,1-7H3. The number of piperidine rings is 1. The van der Waals surface area contributed by atoms with Crippen molar-refractivity contribution in [3.63, 3.8) is 0 Å². The first-order chi connectivity index (χ1) is 15.5. The number of esters is 1. The van der Waals surface area contributed by atoms with E-state index in [9.17, 15) is 14.4 Å². The average molecular weight is 458 g/mol. The average Bonchev–Trinajstić information content (AvgIpc) is 2.99. The molecule has 182 valence electrons. The summed E-state index contributed by atoms with van der Waals surface area (Å²) in [5.74, 6) is -0.691. The van der Waals surface area contributed by atoms with Gasteiger partial charge in [-0.3, -0.25) is 19.4 Å². The molecule has 2 aliphatic rings. The fourth-order valence-electron chi connectivity index (χ4n) is 5.97. The van der Waals surface area contributed by atoms with Gasteiger partial charge < -0.3 is 9.64 Å². The van der Waals surface area contributed by atoms with Gasteiger partial charge in [0.2, 0.25) is 0 Å². The molecule has 3 rings (SSSR count). The van der Waals surface area contributed by atoms with Crippen LogP contribution in [0.2, 0.25) is 0 Å². The summed E-state index contributed by atoms with van der Waals surface area (Å²) in [5, 5.41) is 0. The maximum Gasteiger partial charge on any atom is 0.328 e. The molecule has 2 heterocycles. The Morgan fingerprint density at radius 2 is 1.76 bits per heavy atom. The zero-order chi connectivity index (χ0) is 24.6. The van der Waals surface area contributed by atoms with Gasteiger partial charge >= 0.3 is 12.0 Å². The first-order valence-corrected chi connectivity index (χ1v) is 12.0. The first kappa shape index (κ1) is 25.2. The number of nitrogens with zero attached hydrogens (tertiary/aromatic N) is 3. The van der Waals surface area contributed by atoms with Crippen molar-refractivity contribution in [2.75, 3.05) is 20.2 Å². The molecule has 1 spiro atoms. The molecular weight excluding hydrogens is 418 g/mol. The number of ether oxygens (including phenoxy) is 1. The van der Waals surface area contributed by atoms with Crippen LogP contribution < -0.4 is 0 Å². The van der Waals surface area contributed by atoms with Crippen molar-refractivity contribution in [3.05, 3.63) is 35.9 Å². The summed E-state index contributed by atoms with van der Waals surface area (Å²) in [6.45, 7) is 12.6. The second-order valence-corrected chi connectivity index (χ2v) is 10.1. The van der Waals surface area contributed by atoms with Crippen LogP contribution in [0.25, 0.3) is 0 Å². The normalized spacial score (nSPS) is 32.6. The van der Waals surface area contributed by atoms with Crippen molar-refractivity contribution in [1.29, 1.82) is 0 Å². The Hall–Kier alpha value is -2.41. The van der Waals surface area contributed by atoms with Gasteiger partial charge in [0.1, 0.15) is 12.1 Å². The van der Waals surface area contributed by atoms with E-state index in [0.717, 1.165) is 18.4 Å². The highest BCUT2D eigenvalue weighted by Gasteiger charge is 2.68. The number of hydrogen-bond donors (Lipinski definition) is 0. The van der Waals surface area contributed by atoms with Gasteiger partial charge in [-0.1, -0.05) is 51.1 Å². The highest BCUT2D eigenvalue weighted by Crippen LogP contribution is 2.54. The maximum absolute atomic E-state index is 14.2. The lowest BCUT2D eigenvalue weighted by molar-refractivity contribution is -0.163. The number of urea groups is 1. The van der Waals surface area contributed by atoms with Crippen LogP contribution in [0.3, 0.4) is 0 Å². The number of hydrogen-bond acceptors (Lipinski definition) is 5. The number of carbonyl (C=O) groups is 3. The van der Waals surface area contributed by atoms with Gasteiger partial charge in [0.05, 0.1) is 6.54 Å². The molecule has 7 heteroatoms. The SMILES string of the molecule is CCC1(C)CC2(C(=O)N(CCOC(C)=O)C(=O)N2Cc2ccccc2)C(C)C(C)(CC)N1C. The van der Waals surface area contributed by atoms with Gasteiger partial charge in [0.25, 0.3) is 5.91 Å². The van der Waals surface area contributed by atoms with Crippen molar-refractivity contribution in [1.82, 2.24) is 14.7 Å². The second kappa shape index (κ2) is 9.09. The third kappa shape index (κ3) is 3.94. The van der Waals surface area contributed by atoms with Crippen molar-refractivity contribution >= 4 is 17.9 Å². The van der Waals surface area contributed by atoms with Gasteiger partial charge in [0, 0.05) is 30.5 Å². The quantitative estimate of drug-likeness (QED) is 0.456. The number of benzene rings is 1. The summed E-state index contributed by atoms with van der Waals surface area (Å²) in [7, 11) is 2.15. The molecule has 0 aromatic heterocycles. The molecule has 0 saturated carbocycles. The first-order valence-electron chi connectivity index (χ1n) is 12.0. The van der Waals surface area contributed by atoms with Crippen LogP contribution in [0.4, 0.5) is 4.79 Å². The van der Waals surface area contributed by atoms with E-state index in [-0.39, 0.29) is 42.1 Å².